The summed E-state index contributed by atoms with van der Waals surface area (Å²) >= 11 is 0. The zero-order valence-corrected chi connectivity index (χ0v) is 12.0. The molecule has 0 amide bonds. The van der Waals surface area contributed by atoms with Crippen molar-refractivity contribution in [1.29, 1.82) is 0 Å². The summed E-state index contributed by atoms with van der Waals surface area (Å²) in [5, 5.41) is 3.47. The summed E-state index contributed by atoms with van der Waals surface area (Å²) in [7, 11) is 0. The topological polar surface area (TPSA) is 29.9 Å². The first-order chi connectivity index (χ1) is 9.17. The molecule has 0 aliphatic carbocycles. The molecule has 3 rings (SSSR count). The maximum Gasteiger partial charge on any atom is 0.108 e. The van der Waals surface area contributed by atoms with Gasteiger partial charge in [-0.1, -0.05) is 19.1 Å². The molecule has 1 aromatic carbocycles. The van der Waals surface area contributed by atoms with E-state index in [9.17, 15) is 0 Å². The number of anilines is 1. The first-order valence-electron chi connectivity index (χ1n) is 7.06. The summed E-state index contributed by atoms with van der Waals surface area (Å²) in [6.45, 7) is 8.42. The molecule has 100 valence electrons. The Hall–Kier alpha value is -1.77. The molecule has 1 aromatic heterocycles. The van der Waals surface area contributed by atoms with Crippen LogP contribution in [0.1, 0.15) is 35.1 Å². The third-order valence-corrected chi connectivity index (χ3v) is 3.82. The van der Waals surface area contributed by atoms with Gasteiger partial charge in [0, 0.05) is 31.4 Å². The highest BCUT2D eigenvalue weighted by molar-refractivity contribution is 5.62. The molecule has 3 heteroatoms. The minimum Gasteiger partial charge on any atom is -0.384 e. The summed E-state index contributed by atoms with van der Waals surface area (Å²) in [4.78, 5) is 4.57. The standard InChI is InChI=1S/C16H21N3/c1-4-15-18-12(3)9-19(15)10-13-7-11(2)16-14(8-13)5-6-17-16/h7-9,17H,4-6,10H2,1-3H3. The minimum absolute atomic E-state index is 0.929. The van der Waals surface area contributed by atoms with Crippen molar-refractivity contribution in [2.24, 2.45) is 0 Å². The zero-order valence-electron chi connectivity index (χ0n) is 12.0. The van der Waals surface area contributed by atoms with E-state index in [-0.39, 0.29) is 0 Å². The second-order valence-corrected chi connectivity index (χ2v) is 5.40. The number of nitrogens with one attached hydrogen (secondary N) is 1. The minimum atomic E-state index is 0.929. The number of fused-ring (bicyclic) bond motifs is 1. The Morgan fingerprint density at radius 2 is 2.16 bits per heavy atom. The molecule has 0 spiro atoms. The van der Waals surface area contributed by atoms with Crippen LogP contribution in [0.5, 0.6) is 0 Å². The molecule has 0 bridgehead atoms. The van der Waals surface area contributed by atoms with E-state index in [2.05, 4.69) is 54.0 Å². The van der Waals surface area contributed by atoms with Crippen LogP contribution in [0.15, 0.2) is 18.3 Å². The van der Waals surface area contributed by atoms with Crippen molar-refractivity contribution in [1.82, 2.24) is 9.55 Å². The molecule has 2 heterocycles. The van der Waals surface area contributed by atoms with E-state index in [0.717, 1.165) is 31.6 Å². The maximum absolute atomic E-state index is 4.57. The van der Waals surface area contributed by atoms with Gasteiger partial charge in [-0.2, -0.15) is 0 Å². The number of aromatic nitrogens is 2. The van der Waals surface area contributed by atoms with Crippen molar-refractivity contribution in [3.05, 3.63) is 46.5 Å². The van der Waals surface area contributed by atoms with E-state index >= 15 is 0 Å². The molecule has 0 saturated carbocycles. The molecule has 1 N–H and O–H groups in total. The van der Waals surface area contributed by atoms with Gasteiger partial charge in [-0.3, -0.25) is 0 Å². The number of nitrogens with zero attached hydrogens (tertiary/aromatic N) is 2. The van der Waals surface area contributed by atoms with Crippen LogP contribution in [0.25, 0.3) is 0 Å². The van der Waals surface area contributed by atoms with Crippen molar-refractivity contribution in [3.63, 3.8) is 0 Å². The van der Waals surface area contributed by atoms with E-state index in [1.165, 1.54) is 28.2 Å². The SMILES string of the molecule is CCc1nc(C)cn1Cc1cc(C)c2c(c1)CCN2. The second kappa shape index (κ2) is 4.72. The summed E-state index contributed by atoms with van der Waals surface area (Å²) in [6, 6.07) is 4.64. The fourth-order valence-electron chi connectivity index (χ4n) is 3.02. The largest absolute Gasteiger partial charge is 0.384 e. The average Bonchev–Trinajstić information content (AvgIpc) is 2.96. The van der Waals surface area contributed by atoms with Crippen molar-refractivity contribution in [3.8, 4) is 0 Å². The van der Waals surface area contributed by atoms with E-state index in [1.54, 1.807) is 0 Å². The van der Waals surface area contributed by atoms with Gasteiger partial charge in [-0.25, -0.2) is 4.98 Å². The zero-order chi connectivity index (χ0) is 13.4. The smallest absolute Gasteiger partial charge is 0.108 e. The number of benzene rings is 1. The fraction of sp³-hybridized carbons (Fsp3) is 0.438. The van der Waals surface area contributed by atoms with Gasteiger partial charge in [-0.05, 0) is 37.0 Å². The normalized spacial score (nSPS) is 13.4. The predicted molar refractivity (Wildman–Crippen MR) is 78.8 cm³/mol. The predicted octanol–water partition coefficient (Wildman–Crippen LogP) is 3.08. The molecular weight excluding hydrogens is 234 g/mol. The van der Waals surface area contributed by atoms with Crippen molar-refractivity contribution >= 4 is 5.69 Å². The molecule has 0 saturated heterocycles. The van der Waals surface area contributed by atoms with Crippen molar-refractivity contribution in [2.45, 2.75) is 40.2 Å². The molecule has 3 nitrogen and oxygen atoms in total. The third-order valence-electron chi connectivity index (χ3n) is 3.82. The molecular formula is C16H21N3. The summed E-state index contributed by atoms with van der Waals surface area (Å²) in [5.41, 5.74) is 6.66. The van der Waals surface area contributed by atoms with Gasteiger partial charge >= 0.3 is 0 Å². The number of imidazole rings is 1. The van der Waals surface area contributed by atoms with Gasteiger partial charge in [0.1, 0.15) is 5.82 Å². The lowest BCUT2D eigenvalue weighted by Gasteiger charge is -2.11. The van der Waals surface area contributed by atoms with Crippen LogP contribution >= 0.6 is 0 Å². The van der Waals surface area contributed by atoms with Crippen molar-refractivity contribution < 1.29 is 0 Å². The van der Waals surface area contributed by atoms with E-state index in [0.29, 0.717) is 0 Å². The lowest BCUT2D eigenvalue weighted by molar-refractivity contribution is 0.731. The van der Waals surface area contributed by atoms with Crippen LogP contribution < -0.4 is 5.32 Å². The Bertz CT molecular complexity index is 611. The third kappa shape index (κ3) is 2.25. The van der Waals surface area contributed by atoms with Gasteiger partial charge in [0.2, 0.25) is 0 Å². The quantitative estimate of drug-likeness (QED) is 0.913. The van der Waals surface area contributed by atoms with Crippen LogP contribution in [0, 0.1) is 13.8 Å². The van der Waals surface area contributed by atoms with Gasteiger partial charge in [0.05, 0.1) is 5.69 Å². The van der Waals surface area contributed by atoms with Crippen molar-refractivity contribution in [2.75, 3.05) is 11.9 Å². The lowest BCUT2D eigenvalue weighted by atomic mass is 10.0. The van der Waals surface area contributed by atoms with Crippen LogP contribution in [0.4, 0.5) is 5.69 Å². The molecule has 0 fully saturated rings. The monoisotopic (exact) mass is 255 g/mol. The summed E-state index contributed by atoms with van der Waals surface area (Å²) < 4.78 is 2.28. The molecule has 2 aromatic rings. The van der Waals surface area contributed by atoms with E-state index < -0.39 is 0 Å². The summed E-state index contributed by atoms with van der Waals surface area (Å²) in [5.74, 6) is 1.17. The highest BCUT2D eigenvalue weighted by Gasteiger charge is 2.14. The number of hydrogen-bond acceptors (Lipinski definition) is 2. The van der Waals surface area contributed by atoms with Crippen LogP contribution in [0.2, 0.25) is 0 Å². The van der Waals surface area contributed by atoms with Gasteiger partial charge in [0.15, 0.2) is 0 Å². The van der Waals surface area contributed by atoms with Crippen LogP contribution in [-0.4, -0.2) is 16.1 Å². The Morgan fingerprint density at radius 1 is 1.32 bits per heavy atom. The molecule has 0 radical (unpaired) electrons. The van der Waals surface area contributed by atoms with Crippen LogP contribution in [0.3, 0.4) is 0 Å². The molecule has 19 heavy (non-hydrogen) atoms. The second-order valence-electron chi connectivity index (χ2n) is 5.40. The highest BCUT2D eigenvalue weighted by atomic mass is 15.1. The summed E-state index contributed by atoms with van der Waals surface area (Å²) in [6.07, 6.45) is 4.28. The number of hydrogen-bond donors (Lipinski definition) is 1. The molecule has 1 aliphatic rings. The Kier molecular flexibility index (Phi) is 3.05. The first-order valence-corrected chi connectivity index (χ1v) is 7.06. The first kappa shape index (κ1) is 12.3. The van der Waals surface area contributed by atoms with E-state index in [4.69, 9.17) is 0 Å². The van der Waals surface area contributed by atoms with Gasteiger partial charge in [-0.15, -0.1) is 0 Å². The number of aryl methyl sites for hydroxylation is 3. The molecule has 0 unspecified atom stereocenters. The Balaban J connectivity index is 1.93. The molecule has 1 aliphatic heterocycles. The van der Waals surface area contributed by atoms with Gasteiger partial charge in [0.25, 0.3) is 0 Å². The van der Waals surface area contributed by atoms with Gasteiger partial charge < -0.3 is 9.88 Å². The Labute approximate surface area is 114 Å². The van der Waals surface area contributed by atoms with Crippen LogP contribution in [-0.2, 0) is 19.4 Å². The molecule has 0 atom stereocenters. The Morgan fingerprint density at radius 3 is 2.95 bits per heavy atom. The van der Waals surface area contributed by atoms with E-state index in [1.807, 2.05) is 0 Å². The highest BCUT2D eigenvalue weighted by Crippen LogP contribution is 2.28. The maximum atomic E-state index is 4.57. The fourth-order valence-corrected chi connectivity index (χ4v) is 3.02. The number of rotatable bonds is 3. The average molecular weight is 255 g/mol. The lowest BCUT2D eigenvalue weighted by Crippen LogP contribution is -2.04.